The predicted octanol–water partition coefficient (Wildman–Crippen LogP) is 1.82. The summed E-state index contributed by atoms with van der Waals surface area (Å²) in [5.41, 5.74) is 0. The summed E-state index contributed by atoms with van der Waals surface area (Å²) >= 11 is 0. The number of hydrogen-bond acceptors (Lipinski definition) is 2. The molecule has 1 unspecified atom stereocenters. The lowest BCUT2D eigenvalue weighted by atomic mass is 9.97. The van der Waals surface area contributed by atoms with Crippen molar-refractivity contribution in [3.63, 3.8) is 0 Å². The van der Waals surface area contributed by atoms with Gasteiger partial charge in [-0.25, -0.2) is 0 Å². The summed E-state index contributed by atoms with van der Waals surface area (Å²) in [5, 5.41) is 0. The molecule has 0 saturated carbocycles. The number of hydrogen-bond donors (Lipinski definition) is 0. The number of rotatable bonds is 3. The molecule has 0 aromatic rings. The molecule has 1 atom stereocenters. The Hall–Kier alpha value is -0.780. The van der Waals surface area contributed by atoms with E-state index >= 15 is 0 Å². The molecule has 94 valence electrons. The highest BCUT2D eigenvalue weighted by Gasteiger charge is 2.42. The van der Waals surface area contributed by atoms with Crippen molar-refractivity contribution >= 4 is 5.91 Å². The van der Waals surface area contributed by atoms with Crippen molar-refractivity contribution in [2.24, 2.45) is 5.92 Å². The van der Waals surface area contributed by atoms with Crippen molar-refractivity contribution in [3.05, 3.63) is 0 Å². The molecule has 1 heterocycles. The van der Waals surface area contributed by atoms with Gasteiger partial charge in [-0.1, -0.05) is 0 Å². The van der Waals surface area contributed by atoms with Crippen LogP contribution in [0.25, 0.3) is 0 Å². The maximum atomic E-state index is 12.5. The van der Waals surface area contributed by atoms with Gasteiger partial charge in [-0.2, -0.15) is 13.2 Å². The molecule has 1 aliphatic heterocycles. The highest BCUT2D eigenvalue weighted by molar-refractivity contribution is 5.77. The first-order valence-corrected chi connectivity index (χ1v) is 5.37. The van der Waals surface area contributed by atoms with Crippen LogP contribution in [-0.4, -0.2) is 43.3 Å². The Morgan fingerprint density at radius 1 is 1.50 bits per heavy atom. The largest absolute Gasteiger partial charge is 0.393 e. The minimum Gasteiger partial charge on any atom is -0.372 e. The van der Waals surface area contributed by atoms with E-state index in [4.69, 9.17) is 4.74 Å². The van der Waals surface area contributed by atoms with E-state index in [1.165, 1.54) is 4.90 Å². The molecule has 1 amide bonds. The zero-order valence-electron chi connectivity index (χ0n) is 9.22. The van der Waals surface area contributed by atoms with Gasteiger partial charge in [0.2, 0.25) is 5.91 Å². The lowest BCUT2D eigenvalue weighted by Crippen LogP contribution is -2.45. The van der Waals surface area contributed by atoms with Crippen LogP contribution in [0, 0.1) is 5.92 Å². The third-order valence-corrected chi connectivity index (χ3v) is 2.67. The second-order valence-electron chi connectivity index (χ2n) is 3.86. The molecule has 1 aliphatic rings. The SMILES string of the molecule is CCOCC(=O)N1CCCC(C(F)(F)F)C1. The molecule has 3 nitrogen and oxygen atoms in total. The molecule has 0 aliphatic carbocycles. The zero-order chi connectivity index (χ0) is 12.2. The Balaban J connectivity index is 2.47. The van der Waals surface area contributed by atoms with Crippen molar-refractivity contribution in [2.75, 3.05) is 26.3 Å². The second-order valence-corrected chi connectivity index (χ2v) is 3.86. The third kappa shape index (κ3) is 3.66. The normalized spacial score (nSPS) is 22.2. The van der Waals surface area contributed by atoms with E-state index < -0.39 is 12.1 Å². The lowest BCUT2D eigenvalue weighted by Gasteiger charge is -2.33. The van der Waals surface area contributed by atoms with Gasteiger partial charge in [0, 0.05) is 19.7 Å². The summed E-state index contributed by atoms with van der Waals surface area (Å²) in [6.45, 7) is 2.18. The van der Waals surface area contributed by atoms with Crippen LogP contribution in [-0.2, 0) is 9.53 Å². The molecule has 16 heavy (non-hydrogen) atoms. The van der Waals surface area contributed by atoms with E-state index in [1.54, 1.807) is 6.92 Å². The molecule has 6 heteroatoms. The van der Waals surface area contributed by atoms with Crippen molar-refractivity contribution in [3.8, 4) is 0 Å². The second kappa shape index (κ2) is 5.52. The lowest BCUT2D eigenvalue weighted by molar-refractivity contribution is -0.188. The summed E-state index contributed by atoms with van der Waals surface area (Å²) in [6, 6.07) is 0. The smallest absolute Gasteiger partial charge is 0.372 e. The Bertz CT molecular complexity index is 243. The van der Waals surface area contributed by atoms with Gasteiger partial charge in [0.1, 0.15) is 6.61 Å². The van der Waals surface area contributed by atoms with Crippen molar-refractivity contribution in [2.45, 2.75) is 25.9 Å². The molecule has 0 N–H and O–H groups in total. The topological polar surface area (TPSA) is 29.5 Å². The summed E-state index contributed by atoms with van der Waals surface area (Å²) < 4.78 is 42.3. The minimum atomic E-state index is -4.20. The molecule has 1 saturated heterocycles. The summed E-state index contributed by atoms with van der Waals surface area (Å²) in [5.74, 6) is -1.73. The standard InChI is InChI=1S/C10H16F3NO2/c1-2-16-7-9(15)14-5-3-4-8(6-14)10(11,12)13/h8H,2-7H2,1H3. The number of carbonyl (C=O) groups is 1. The van der Waals surface area contributed by atoms with Crippen molar-refractivity contribution in [1.82, 2.24) is 4.90 Å². The van der Waals surface area contributed by atoms with Crippen LogP contribution in [0.5, 0.6) is 0 Å². The van der Waals surface area contributed by atoms with Gasteiger partial charge in [-0.05, 0) is 19.8 Å². The van der Waals surface area contributed by atoms with Gasteiger partial charge in [0.15, 0.2) is 0 Å². The van der Waals surface area contributed by atoms with Crippen LogP contribution >= 0.6 is 0 Å². The maximum Gasteiger partial charge on any atom is 0.393 e. The Labute approximate surface area is 92.5 Å². The Morgan fingerprint density at radius 3 is 2.75 bits per heavy atom. The van der Waals surface area contributed by atoms with Crippen LogP contribution < -0.4 is 0 Å². The van der Waals surface area contributed by atoms with Crippen LogP contribution in [0.15, 0.2) is 0 Å². The van der Waals surface area contributed by atoms with E-state index in [-0.39, 0.29) is 25.5 Å². The number of likely N-dealkylation sites (tertiary alicyclic amines) is 1. The van der Waals surface area contributed by atoms with Crippen molar-refractivity contribution < 1.29 is 22.7 Å². The van der Waals surface area contributed by atoms with Gasteiger partial charge in [-0.15, -0.1) is 0 Å². The van der Waals surface area contributed by atoms with E-state index in [0.717, 1.165) is 0 Å². The number of piperidine rings is 1. The summed E-state index contributed by atoms with van der Waals surface area (Å²) in [6.07, 6.45) is -3.69. The summed E-state index contributed by atoms with van der Waals surface area (Å²) in [7, 11) is 0. The van der Waals surface area contributed by atoms with Gasteiger partial charge in [0.25, 0.3) is 0 Å². The molecule has 0 aromatic heterocycles. The van der Waals surface area contributed by atoms with Crippen LogP contribution in [0.3, 0.4) is 0 Å². The van der Waals surface area contributed by atoms with Crippen LogP contribution in [0.2, 0.25) is 0 Å². The number of amides is 1. The quantitative estimate of drug-likeness (QED) is 0.752. The molecule has 0 spiro atoms. The first-order chi connectivity index (χ1) is 7.45. The minimum absolute atomic E-state index is 0.113. The predicted molar refractivity (Wildman–Crippen MR) is 51.9 cm³/mol. The van der Waals surface area contributed by atoms with E-state index in [2.05, 4.69) is 0 Å². The molecule has 0 radical (unpaired) electrons. The molecule has 0 aromatic carbocycles. The van der Waals surface area contributed by atoms with Crippen LogP contribution in [0.4, 0.5) is 13.2 Å². The van der Waals surface area contributed by atoms with Gasteiger partial charge in [0.05, 0.1) is 5.92 Å². The molecule has 1 fully saturated rings. The number of ether oxygens (including phenoxy) is 1. The highest BCUT2D eigenvalue weighted by Crippen LogP contribution is 2.33. The van der Waals surface area contributed by atoms with Crippen LogP contribution in [0.1, 0.15) is 19.8 Å². The molecular weight excluding hydrogens is 223 g/mol. The average Bonchev–Trinajstić information content (AvgIpc) is 2.25. The van der Waals surface area contributed by atoms with E-state index in [1.807, 2.05) is 0 Å². The Kier molecular flexibility index (Phi) is 4.58. The monoisotopic (exact) mass is 239 g/mol. The van der Waals surface area contributed by atoms with Crippen molar-refractivity contribution in [1.29, 1.82) is 0 Å². The number of alkyl halides is 3. The zero-order valence-corrected chi connectivity index (χ0v) is 9.22. The van der Waals surface area contributed by atoms with E-state index in [0.29, 0.717) is 19.6 Å². The number of nitrogens with zero attached hydrogens (tertiary/aromatic N) is 1. The molecule has 1 rings (SSSR count). The molecular formula is C10H16F3NO2. The fourth-order valence-electron chi connectivity index (χ4n) is 1.75. The first-order valence-electron chi connectivity index (χ1n) is 5.37. The maximum absolute atomic E-state index is 12.5. The fourth-order valence-corrected chi connectivity index (χ4v) is 1.75. The van der Waals surface area contributed by atoms with Gasteiger partial charge < -0.3 is 9.64 Å². The third-order valence-electron chi connectivity index (χ3n) is 2.67. The van der Waals surface area contributed by atoms with E-state index in [9.17, 15) is 18.0 Å². The summed E-state index contributed by atoms with van der Waals surface area (Å²) in [4.78, 5) is 12.7. The first kappa shape index (κ1) is 13.3. The number of carbonyl (C=O) groups excluding carboxylic acids is 1. The molecule has 0 bridgehead atoms. The number of halogens is 3. The average molecular weight is 239 g/mol. The van der Waals surface area contributed by atoms with Gasteiger partial charge in [-0.3, -0.25) is 4.79 Å². The van der Waals surface area contributed by atoms with Gasteiger partial charge >= 0.3 is 6.18 Å². The Morgan fingerprint density at radius 2 is 2.19 bits per heavy atom. The fraction of sp³-hybridized carbons (Fsp3) is 0.900. The highest BCUT2D eigenvalue weighted by atomic mass is 19.4.